The van der Waals surface area contributed by atoms with Crippen LogP contribution < -0.4 is 14.8 Å². The van der Waals surface area contributed by atoms with E-state index < -0.39 is 5.97 Å². The molecule has 0 spiro atoms. The molecule has 0 fully saturated rings. The number of benzene rings is 3. The zero-order valence-electron chi connectivity index (χ0n) is 17.9. The van der Waals surface area contributed by atoms with E-state index in [4.69, 9.17) is 21.1 Å². The summed E-state index contributed by atoms with van der Waals surface area (Å²) in [5.74, 6) is 0.687. The molecule has 0 bridgehead atoms. The van der Waals surface area contributed by atoms with Crippen molar-refractivity contribution in [3.63, 3.8) is 0 Å². The highest BCUT2D eigenvalue weighted by Gasteiger charge is 2.10. The number of hydrogen-bond donors (Lipinski definition) is 1. The lowest BCUT2D eigenvalue weighted by atomic mass is 10.1. The van der Waals surface area contributed by atoms with Crippen molar-refractivity contribution in [1.29, 1.82) is 0 Å². The average Bonchev–Trinajstić information content (AvgIpc) is 2.82. The Morgan fingerprint density at radius 3 is 2.22 bits per heavy atom. The minimum Gasteiger partial charge on any atom is -0.493 e. The molecule has 3 aromatic rings. The Morgan fingerprint density at radius 1 is 0.875 bits per heavy atom. The highest BCUT2D eigenvalue weighted by molar-refractivity contribution is 6.30. The normalized spacial score (nSPS) is 10.3. The Labute approximate surface area is 192 Å². The van der Waals surface area contributed by atoms with Gasteiger partial charge in [0.25, 0.3) is 0 Å². The van der Waals surface area contributed by atoms with Crippen LogP contribution in [0.4, 0.5) is 5.69 Å². The van der Waals surface area contributed by atoms with E-state index in [0.29, 0.717) is 47.2 Å². The van der Waals surface area contributed by atoms with Crippen LogP contribution in [0.2, 0.25) is 5.02 Å². The number of esters is 1. The standard InChI is InChI=1S/C25H24ClNO5/c1-30-23-15-17(5-13-22(23)32-16-18-3-9-20(26)10-4-18)6-14-24(28)27-21-11-7-19(8-12-21)25(29)31-2/h3-5,7-13,15H,6,14,16H2,1-2H3,(H,27,28). The molecule has 0 unspecified atom stereocenters. The van der Waals surface area contributed by atoms with Crippen molar-refractivity contribution in [2.75, 3.05) is 19.5 Å². The fraction of sp³-hybridized carbons (Fsp3) is 0.200. The number of aryl methyl sites for hydroxylation is 1. The van der Waals surface area contributed by atoms with Gasteiger partial charge in [0.2, 0.25) is 5.91 Å². The summed E-state index contributed by atoms with van der Waals surface area (Å²) < 4.78 is 16.0. The number of halogens is 1. The van der Waals surface area contributed by atoms with Gasteiger partial charge < -0.3 is 19.5 Å². The molecule has 0 aliphatic carbocycles. The number of methoxy groups -OCH3 is 2. The van der Waals surface area contributed by atoms with E-state index in [2.05, 4.69) is 10.1 Å². The lowest BCUT2D eigenvalue weighted by molar-refractivity contribution is -0.116. The van der Waals surface area contributed by atoms with Gasteiger partial charge in [-0.25, -0.2) is 4.79 Å². The van der Waals surface area contributed by atoms with Gasteiger partial charge in [0.1, 0.15) is 6.61 Å². The first kappa shape index (κ1) is 23.2. The van der Waals surface area contributed by atoms with Crippen LogP contribution in [0, 0.1) is 0 Å². The van der Waals surface area contributed by atoms with Crippen molar-refractivity contribution in [3.05, 3.63) is 88.4 Å². The van der Waals surface area contributed by atoms with Gasteiger partial charge in [-0.1, -0.05) is 29.8 Å². The molecule has 0 atom stereocenters. The topological polar surface area (TPSA) is 73.9 Å². The fourth-order valence-corrected chi connectivity index (χ4v) is 3.14. The van der Waals surface area contributed by atoms with Gasteiger partial charge in [0, 0.05) is 17.1 Å². The summed E-state index contributed by atoms with van der Waals surface area (Å²) in [6.07, 6.45) is 0.840. The predicted molar refractivity (Wildman–Crippen MR) is 124 cm³/mol. The number of rotatable bonds is 9. The lowest BCUT2D eigenvalue weighted by Crippen LogP contribution is -2.12. The van der Waals surface area contributed by atoms with Crippen molar-refractivity contribution >= 4 is 29.2 Å². The maximum atomic E-state index is 12.3. The molecule has 1 N–H and O–H groups in total. The maximum absolute atomic E-state index is 12.3. The number of anilines is 1. The van der Waals surface area contributed by atoms with Gasteiger partial charge in [0.15, 0.2) is 11.5 Å². The molecule has 3 rings (SSSR count). The van der Waals surface area contributed by atoms with E-state index in [0.717, 1.165) is 11.1 Å². The van der Waals surface area contributed by atoms with Gasteiger partial charge in [-0.05, 0) is 66.1 Å². The fourth-order valence-electron chi connectivity index (χ4n) is 3.02. The molecule has 6 nitrogen and oxygen atoms in total. The molecule has 0 heterocycles. The first-order chi connectivity index (χ1) is 15.5. The van der Waals surface area contributed by atoms with E-state index in [1.54, 1.807) is 31.4 Å². The first-order valence-corrected chi connectivity index (χ1v) is 10.4. The van der Waals surface area contributed by atoms with E-state index in [-0.39, 0.29) is 5.91 Å². The molecular formula is C25H24ClNO5. The Morgan fingerprint density at radius 2 is 1.56 bits per heavy atom. The zero-order chi connectivity index (χ0) is 22.9. The third-order valence-electron chi connectivity index (χ3n) is 4.77. The number of amides is 1. The largest absolute Gasteiger partial charge is 0.493 e. The van der Waals surface area contributed by atoms with Gasteiger partial charge >= 0.3 is 5.97 Å². The van der Waals surface area contributed by atoms with Gasteiger partial charge in [-0.2, -0.15) is 0 Å². The molecule has 166 valence electrons. The van der Waals surface area contributed by atoms with Crippen LogP contribution in [0.1, 0.15) is 27.9 Å². The molecule has 0 aromatic heterocycles. The summed E-state index contributed by atoms with van der Waals surface area (Å²) in [7, 11) is 2.91. The molecule has 0 aliphatic rings. The van der Waals surface area contributed by atoms with E-state index in [1.165, 1.54) is 7.11 Å². The van der Waals surface area contributed by atoms with Crippen molar-refractivity contribution in [1.82, 2.24) is 0 Å². The molecule has 1 amide bonds. The third-order valence-corrected chi connectivity index (χ3v) is 5.02. The summed E-state index contributed by atoms with van der Waals surface area (Å²) in [4.78, 5) is 23.8. The Kier molecular flexibility index (Phi) is 8.11. The van der Waals surface area contributed by atoms with Gasteiger partial charge in [0.05, 0.1) is 19.8 Å². The smallest absolute Gasteiger partial charge is 0.337 e. The van der Waals surface area contributed by atoms with Crippen LogP contribution in [-0.4, -0.2) is 26.1 Å². The summed E-state index contributed by atoms with van der Waals surface area (Å²) in [6, 6.07) is 19.6. The average molecular weight is 454 g/mol. The van der Waals surface area contributed by atoms with Crippen LogP contribution in [0.15, 0.2) is 66.7 Å². The molecule has 0 aliphatic heterocycles. The molecule has 0 radical (unpaired) electrons. The maximum Gasteiger partial charge on any atom is 0.337 e. The summed E-state index contributed by atoms with van der Waals surface area (Å²) in [5.41, 5.74) is 3.00. The third kappa shape index (κ3) is 6.49. The predicted octanol–water partition coefficient (Wildman–Crippen LogP) is 5.29. The minimum atomic E-state index is -0.419. The van der Waals surface area contributed by atoms with E-state index in [1.807, 2.05) is 42.5 Å². The Hall–Kier alpha value is -3.51. The Bertz CT molecular complexity index is 1060. The van der Waals surface area contributed by atoms with E-state index in [9.17, 15) is 9.59 Å². The molecule has 7 heteroatoms. The van der Waals surface area contributed by atoms with Crippen LogP contribution in [0.5, 0.6) is 11.5 Å². The number of carbonyl (C=O) groups excluding carboxylic acids is 2. The second-order valence-electron chi connectivity index (χ2n) is 7.02. The second kappa shape index (κ2) is 11.2. The molecule has 0 saturated carbocycles. The van der Waals surface area contributed by atoms with Crippen molar-refractivity contribution in [3.8, 4) is 11.5 Å². The van der Waals surface area contributed by atoms with Crippen molar-refractivity contribution < 1.29 is 23.8 Å². The molecule has 32 heavy (non-hydrogen) atoms. The van der Waals surface area contributed by atoms with Crippen LogP contribution in [-0.2, 0) is 22.6 Å². The van der Waals surface area contributed by atoms with Gasteiger partial charge in [-0.3, -0.25) is 4.79 Å². The lowest BCUT2D eigenvalue weighted by Gasteiger charge is -2.12. The van der Waals surface area contributed by atoms with E-state index >= 15 is 0 Å². The van der Waals surface area contributed by atoms with Crippen molar-refractivity contribution in [2.24, 2.45) is 0 Å². The second-order valence-corrected chi connectivity index (χ2v) is 7.45. The van der Waals surface area contributed by atoms with Crippen LogP contribution >= 0.6 is 11.6 Å². The number of nitrogens with one attached hydrogen (secondary N) is 1. The monoisotopic (exact) mass is 453 g/mol. The van der Waals surface area contributed by atoms with Crippen molar-refractivity contribution in [2.45, 2.75) is 19.4 Å². The zero-order valence-corrected chi connectivity index (χ0v) is 18.6. The SMILES string of the molecule is COC(=O)c1ccc(NC(=O)CCc2ccc(OCc3ccc(Cl)cc3)c(OC)c2)cc1. The van der Waals surface area contributed by atoms with Crippen LogP contribution in [0.25, 0.3) is 0 Å². The molecule has 0 saturated heterocycles. The number of carbonyl (C=O) groups is 2. The molecule has 3 aromatic carbocycles. The summed E-state index contributed by atoms with van der Waals surface area (Å²) in [5, 5.41) is 3.50. The summed E-state index contributed by atoms with van der Waals surface area (Å²) >= 11 is 5.91. The number of hydrogen-bond acceptors (Lipinski definition) is 5. The summed E-state index contributed by atoms with van der Waals surface area (Å²) in [6.45, 7) is 0.393. The van der Waals surface area contributed by atoms with Gasteiger partial charge in [-0.15, -0.1) is 0 Å². The highest BCUT2D eigenvalue weighted by Crippen LogP contribution is 2.29. The highest BCUT2D eigenvalue weighted by atomic mass is 35.5. The quantitative estimate of drug-likeness (QED) is 0.446. The Balaban J connectivity index is 1.53. The van der Waals surface area contributed by atoms with Crippen LogP contribution in [0.3, 0.4) is 0 Å². The number of ether oxygens (including phenoxy) is 3. The minimum absolute atomic E-state index is 0.127. The molecular weight excluding hydrogens is 430 g/mol. The first-order valence-electron chi connectivity index (χ1n) is 10.0.